The Morgan fingerprint density at radius 2 is 1.87 bits per heavy atom. The van der Waals surface area contributed by atoms with Crippen LogP contribution in [0.2, 0.25) is 0 Å². The predicted molar refractivity (Wildman–Crippen MR) is 67.9 cm³/mol. The van der Waals surface area contributed by atoms with Gasteiger partial charge in [-0.05, 0) is 38.5 Å². The number of hydrogen-bond acceptors (Lipinski definition) is 1. The van der Waals surface area contributed by atoms with Crippen molar-refractivity contribution in [3.05, 3.63) is 24.3 Å². The Balaban J connectivity index is 4.25. The molecule has 0 aromatic rings. The quantitative estimate of drug-likeness (QED) is 0.655. The van der Waals surface area contributed by atoms with Crippen LogP contribution in [0.4, 0.5) is 0 Å². The van der Waals surface area contributed by atoms with Crippen molar-refractivity contribution in [3.63, 3.8) is 0 Å². The van der Waals surface area contributed by atoms with Crippen LogP contribution in [0.3, 0.4) is 0 Å². The summed E-state index contributed by atoms with van der Waals surface area (Å²) in [4.78, 5) is 0. The van der Waals surface area contributed by atoms with E-state index in [9.17, 15) is 5.11 Å². The van der Waals surface area contributed by atoms with Crippen molar-refractivity contribution in [2.75, 3.05) is 0 Å². The standard InChI is InChI=1S/C14H26O/c1-7-13(4,5)12(3)10-9-11-14(6,15)8-2/h8,10,15H,2,7,9,11H2,1,3-6H3/b12-10+. The monoisotopic (exact) mass is 210 g/mol. The van der Waals surface area contributed by atoms with Gasteiger partial charge in [0.1, 0.15) is 0 Å². The van der Waals surface area contributed by atoms with Crippen LogP contribution < -0.4 is 0 Å². The first kappa shape index (κ1) is 14.4. The highest BCUT2D eigenvalue weighted by Crippen LogP contribution is 2.30. The normalized spacial score (nSPS) is 17.3. The minimum atomic E-state index is -0.729. The lowest BCUT2D eigenvalue weighted by Crippen LogP contribution is -2.19. The van der Waals surface area contributed by atoms with Crippen LogP contribution in [0, 0.1) is 5.41 Å². The summed E-state index contributed by atoms with van der Waals surface area (Å²) in [5, 5.41) is 9.75. The highest BCUT2D eigenvalue weighted by molar-refractivity contribution is 5.09. The topological polar surface area (TPSA) is 20.2 Å². The second kappa shape index (κ2) is 5.50. The zero-order valence-electron chi connectivity index (χ0n) is 10.9. The summed E-state index contributed by atoms with van der Waals surface area (Å²) in [6.07, 6.45) is 6.65. The van der Waals surface area contributed by atoms with Crippen LogP contribution in [0.1, 0.15) is 53.9 Å². The van der Waals surface area contributed by atoms with Crippen LogP contribution in [-0.2, 0) is 0 Å². The Hall–Kier alpha value is -0.560. The third kappa shape index (κ3) is 5.17. The minimum absolute atomic E-state index is 0.278. The molecule has 15 heavy (non-hydrogen) atoms. The van der Waals surface area contributed by atoms with Gasteiger partial charge in [0.15, 0.2) is 0 Å². The van der Waals surface area contributed by atoms with E-state index < -0.39 is 5.60 Å². The summed E-state index contributed by atoms with van der Waals surface area (Å²) in [6.45, 7) is 14.3. The molecular weight excluding hydrogens is 184 g/mol. The largest absolute Gasteiger partial charge is 0.386 e. The molecule has 0 aromatic heterocycles. The van der Waals surface area contributed by atoms with E-state index in [0.717, 1.165) is 19.3 Å². The SMILES string of the molecule is C=CC(C)(O)CC/C=C(\C)C(C)(C)CC. The zero-order chi connectivity index (χ0) is 12.1. The van der Waals surface area contributed by atoms with Gasteiger partial charge in [0, 0.05) is 0 Å². The molecule has 1 N–H and O–H groups in total. The average molecular weight is 210 g/mol. The van der Waals surface area contributed by atoms with E-state index in [1.807, 2.05) is 0 Å². The molecule has 0 aliphatic heterocycles. The van der Waals surface area contributed by atoms with Crippen molar-refractivity contribution in [1.29, 1.82) is 0 Å². The minimum Gasteiger partial charge on any atom is -0.386 e. The summed E-state index contributed by atoms with van der Waals surface area (Å²) in [6, 6.07) is 0. The first-order valence-corrected chi connectivity index (χ1v) is 5.78. The summed E-state index contributed by atoms with van der Waals surface area (Å²) < 4.78 is 0. The maximum Gasteiger partial charge on any atom is 0.0800 e. The molecule has 88 valence electrons. The van der Waals surface area contributed by atoms with Crippen molar-refractivity contribution in [2.45, 2.75) is 59.5 Å². The van der Waals surface area contributed by atoms with Crippen molar-refractivity contribution in [2.24, 2.45) is 5.41 Å². The lowest BCUT2D eigenvalue weighted by Gasteiger charge is -2.24. The fraction of sp³-hybridized carbons (Fsp3) is 0.714. The van der Waals surface area contributed by atoms with Crippen molar-refractivity contribution >= 4 is 0 Å². The van der Waals surface area contributed by atoms with E-state index in [-0.39, 0.29) is 5.41 Å². The van der Waals surface area contributed by atoms with Crippen LogP contribution in [-0.4, -0.2) is 10.7 Å². The molecule has 1 atom stereocenters. The van der Waals surface area contributed by atoms with E-state index in [4.69, 9.17) is 0 Å². The molecule has 0 aliphatic rings. The van der Waals surface area contributed by atoms with Gasteiger partial charge in [-0.15, -0.1) is 6.58 Å². The molecule has 0 saturated carbocycles. The fourth-order valence-corrected chi connectivity index (χ4v) is 1.24. The Kier molecular flexibility index (Phi) is 5.30. The van der Waals surface area contributed by atoms with Gasteiger partial charge in [0.05, 0.1) is 5.60 Å². The number of hydrogen-bond donors (Lipinski definition) is 1. The molecule has 1 nitrogen and oxygen atoms in total. The van der Waals surface area contributed by atoms with E-state index in [1.165, 1.54) is 5.57 Å². The van der Waals surface area contributed by atoms with E-state index in [1.54, 1.807) is 13.0 Å². The van der Waals surface area contributed by atoms with Gasteiger partial charge in [0.25, 0.3) is 0 Å². The molecule has 0 amide bonds. The Morgan fingerprint density at radius 3 is 2.27 bits per heavy atom. The van der Waals surface area contributed by atoms with Gasteiger partial charge in [-0.25, -0.2) is 0 Å². The molecule has 0 bridgehead atoms. The molecule has 1 unspecified atom stereocenters. The van der Waals surface area contributed by atoms with E-state index in [0.29, 0.717) is 0 Å². The molecule has 0 aliphatic carbocycles. The molecule has 0 spiro atoms. The second-order valence-corrected chi connectivity index (χ2v) is 5.22. The molecule has 0 rings (SSSR count). The molecule has 0 aromatic carbocycles. The van der Waals surface area contributed by atoms with Gasteiger partial charge in [0.2, 0.25) is 0 Å². The maximum atomic E-state index is 9.75. The average Bonchev–Trinajstić information content (AvgIpc) is 2.17. The van der Waals surface area contributed by atoms with Crippen LogP contribution >= 0.6 is 0 Å². The summed E-state index contributed by atoms with van der Waals surface area (Å²) >= 11 is 0. The van der Waals surface area contributed by atoms with Crippen molar-refractivity contribution in [1.82, 2.24) is 0 Å². The summed E-state index contributed by atoms with van der Waals surface area (Å²) in [5.74, 6) is 0. The molecule has 0 saturated heterocycles. The molecule has 0 radical (unpaired) electrons. The third-order valence-corrected chi connectivity index (χ3v) is 3.49. The first-order chi connectivity index (χ1) is 6.75. The van der Waals surface area contributed by atoms with Gasteiger partial charge < -0.3 is 5.11 Å². The number of rotatable bonds is 6. The smallest absolute Gasteiger partial charge is 0.0800 e. The highest BCUT2D eigenvalue weighted by atomic mass is 16.3. The summed E-state index contributed by atoms with van der Waals surface area (Å²) in [7, 11) is 0. The first-order valence-electron chi connectivity index (χ1n) is 5.78. The number of aliphatic hydroxyl groups is 1. The predicted octanol–water partition coefficient (Wildman–Crippen LogP) is 4.09. The molecular formula is C14H26O. The maximum absolute atomic E-state index is 9.75. The van der Waals surface area contributed by atoms with Crippen LogP contribution in [0.15, 0.2) is 24.3 Å². The molecule has 1 heteroatoms. The van der Waals surface area contributed by atoms with E-state index in [2.05, 4.69) is 40.3 Å². The Morgan fingerprint density at radius 1 is 1.33 bits per heavy atom. The van der Waals surface area contributed by atoms with Crippen molar-refractivity contribution < 1.29 is 5.11 Å². The molecule has 0 heterocycles. The Bertz CT molecular complexity index is 234. The lowest BCUT2D eigenvalue weighted by atomic mass is 9.82. The second-order valence-electron chi connectivity index (χ2n) is 5.22. The van der Waals surface area contributed by atoms with Gasteiger partial charge in [-0.2, -0.15) is 0 Å². The highest BCUT2D eigenvalue weighted by Gasteiger charge is 2.18. The lowest BCUT2D eigenvalue weighted by molar-refractivity contribution is 0.103. The van der Waals surface area contributed by atoms with Gasteiger partial charge in [-0.3, -0.25) is 0 Å². The fourth-order valence-electron chi connectivity index (χ4n) is 1.24. The number of allylic oxidation sites excluding steroid dienone is 2. The van der Waals surface area contributed by atoms with Crippen LogP contribution in [0.25, 0.3) is 0 Å². The van der Waals surface area contributed by atoms with Crippen molar-refractivity contribution in [3.8, 4) is 0 Å². The third-order valence-electron chi connectivity index (χ3n) is 3.49. The van der Waals surface area contributed by atoms with Gasteiger partial charge in [-0.1, -0.05) is 38.5 Å². The summed E-state index contributed by atoms with van der Waals surface area (Å²) in [5.41, 5.74) is 0.956. The molecule has 0 fully saturated rings. The van der Waals surface area contributed by atoms with Gasteiger partial charge >= 0.3 is 0 Å². The zero-order valence-corrected chi connectivity index (χ0v) is 10.9. The van der Waals surface area contributed by atoms with E-state index >= 15 is 0 Å². The Labute approximate surface area is 94.9 Å². The van der Waals surface area contributed by atoms with Crippen LogP contribution in [0.5, 0.6) is 0 Å².